The number of halogens is 1. The highest BCUT2D eigenvalue weighted by Gasteiger charge is 2.41. The molecule has 0 fully saturated rings. The molecule has 8 nitrogen and oxygen atoms in total. The number of fused-ring (bicyclic) bond motifs is 1. The molecule has 37 heavy (non-hydrogen) atoms. The van der Waals surface area contributed by atoms with E-state index in [-0.39, 0.29) is 42.3 Å². The molecule has 1 atom stereocenters. The van der Waals surface area contributed by atoms with Crippen LogP contribution in [0.2, 0.25) is 5.02 Å². The Hall–Kier alpha value is -3.69. The van der Waals surface area contributed by atoms with Crippen LogP contribution in [-0.4, -0.2) is 55.0 Å². The zero-order valence-electron chi connectivity index (χ0n) is 20.1. The largest absolute Gasteiger partial charge is 0.357 e. The number of rotatable bonds is 9. The van der Waals surface area contributed by atoms with Crippen molar-refractivity contribution in [1.29, 1.82) is 0 Å². The van der Waals surface area contributed by atoms with Crippen molar-refractivity contribution >= 4 is 39.3 Å². The van der Waals surface area contributed by atoms with Gasteiger partial charge in [-0.1, -0.05) is 66.2 Å². The lowest BCUT2D eigenvalue weighted by Crippen LogP contribution is -2.50. The van der Waals surface area contributed by atoms with Gasteiger partial charge >= 0.3 is 0 Å². The monoisotopic (exact) mass is 539 g/mol. The van der Waals surface area contributed by atoms with Crippen LogP contribution in [0.5, 0.6) is 0 Å². The Morgan fingerprint density at radius 1 is 0.946 bits per heavy atom. The first-order valence-electron chi connectivity index (χ1n) is 11.7. The highest BCUT2D eigenvalue weighted by Crippen LogP contribution is 2.30. The molecule has 0 saturated heterocycles. The Balaban J connectivity index is 1.61. The number of nitrogens with zero attached hydrogens (tertiary/aromatic N) is 2. The zero-order chi connectivity index (χ0) is 26.6. The smallest absolute Gasteiger partial charge is 0.269 e. The van der Waals surface area contributed by atoms with Gasteiger partial charge in [-0.05, 0) is 35.4 Å². The van der Waals surface area contributed by atoms with Crippen molar-refractivity contribution in [3.8, 4) is 0 Å². The van der Waals surface area contributed by atoms with Gasteiger partial charge in [0.2, 0.25) is 11.8 Å². The Kier molecular flexibility index (Phi) is 7.94. The van der Waals surface area contributed by atoms with E-state index in [1.807, 2.05) is 30.3 Å². The van der Waals surface area contributed by atoms with Gasteiger partial charge in [-0.2, -0.15) is 0 Å². The third kappa shape index (κ3) is 5.68. The predicted molar refractivity (Wildman–Crippen MR) is 139 cm³/mol. The summed E-state index contributed by atoms with van der Waals surface area (Å²) in [5.74, 6) is -1.48. The third-order valence-corrected chi connectivity index (χ3v) is 8.32. The van der Waals surface area contributed by atoms with Crippen LogP contribution in [0, 0.1) is 0 Å². The van der Waals surface area contributed by atoms with Crippen molar-refractivity contribution in [1.82, 2.24) is 14.5 Å². The van der Waals surface area contributed by atoms with Crippen LogP contribution in [0.4, 0.5) is 0 Å². The molecule has 1 aliphatic heterocycles. The van der Waals surface area contributed by atoms with Crippen LogP contribution in [0.15, 0.2) is 83.8 Å². The molecule has 192 valence electrons. The van der Waals surface area contributed by atoms with Gasteiger partial charge in [-0.15, -0.1) is 0 Å². The maximum Gasteiger partial charge on any atom is 0.269 e. The molecule has 0 spiro atoms. The number of amides is 3. The van der Waals surface area contributed by atoms with Crippen molar-refractivity contribution in [3.63, 3.8) is 0 Å². The minimum Gasteiger partial charge on any atom is -0.357 e. The summed E-state index contributed by atoms with van der Waals surface area (Å²) in [6, 6.07) is 21.3. The van der Waals surface area contributed by atoms with E-state index in [9.17, 15) is 22.8 Å². The van der Waals surface area contributed by atoms with Gasteiger partial charge in [-0.25, -0.2) is 12.7 Å². The summed E-state index contributed by atoms with van der Waals surface area (Å²) >= 11 is 6.02. The lowest BCUT2D eigenvalue weighted by atomic mass is 10.0. The first kappa shape index (κ1) is 26.4. The van der Waals surface area contributed by atoms with E-state index in [1.54, 1.807) is 36.4 Å². The highest BCUT2D eigenvalue weighted by atomic mass is 35.5. The molecule has 0 aromatic heterocycles. The highest BCUT2D eigenvalue weighted by molar-refractivity contribution is 7.90. The van der Waals surface area contributed by atoms with Crippen LogP contribution in [0.1, 0.15) is 27.9 Å². The van der Waals surface area contributed by atoms with Crippen molar-refractivity contribution in [2.24, 2.45) is 0 Å². The molecule has 1 aliphatic rings. The average Bonchev–Trinajstić information content (AvgIpc) is 3.10. The van der Waals surface area contributed by atoms with Crippen LogP contribution in [0.25, 0.3) is 0 Å². The van der Waals surface area contributed by atoms with E-state index in [4.69, 9.17) is 11.6 Å². The molecule has 4 rings (SSSR count). The number of carbonyl (C=O) groups excluding carboxylic acids is 3. The van der Waals surface area contributed by atoms with Gasteiger partial charge in [0.1, 0.15) is 10.9 Å². The van der Waals surface area contributed by atoms with Gasteiger partial charge in [-0.3, -0.25) is 14.4 Å². The van der Waals surface area contributed by atoms with Gasteiger partial charge in [0, 0.05) is 38.0 Å². The maximum atomic E-state index is 13.6. The molecule has 0 unspecified atom stereocenters. The predicted octanol–water partition coefficient (Wildman–Crippen LogP) is 3.26. The van der Waals surface area contributed by atoms with E-state index in [0.717, 1.165) is 15.4 Å². The fourth-order valence-electron chi connectivity index (χ4n) is 4.30. The molecular weight excluding hydrogens is 514 g/mol. The molecule has 3 aromatic rings. The number of hydrogen-bond acceptors (Lipinski definition) is 5. The van der Waals surface area contributed by atoms with E-state index in [1.165, 1.54) is 24.1 Å². The summed E-state index contributed by atoms with van der Waals surface area (Å²) in [6.45, 7) is -0.237. The normalized spacial score (nSPS) is 14.6. The number of carbonyl (C=O) groups is 3. The van der Waals surface area contributed by atoms with Gasteiger partial charge in [0.15, 0.2) is 0 Å². The van der Waals surface area contributed by atoms with Gasteiger partial charge in [0.05, 0.1) is 5.56 Å². The molecule has 0 saturated carbocycles. The molecule has 1 heterocycles. The summed E-state index contributed by atoms with van der Waals surface area (Å²) in [7, 11) is -2.55. The maximum absolute atomic E-state index is 13.6. The summed E-state index contributed by atoms with van der Waals surface area (Å²) in [6.07, 6.45) is -0.0267. The van der Waals surface area contributed by atoms with Crippen molar-refractivity contribution in [2.45, 2.75) is 30.3 Å². The minimum absolute atomic E-state index is 0.0715. The lowest BCUT2D eigenvalue weighted by Gasteiger charge is -2.31. The quantitative estimate of drug-likeness (QED) is 0.449. The Morgan fingerprint density at radius 2 is 1.59 bits per heavy atom. The van der Waals surface area contributed by atoms with E-state index in [2.05, 4.69) is 5.32 Å². The number of sulfonamides is 1. The Bertz CT molecular complexity index is 1410. The van der Waals surface area contributed by atoms with Crippen molar-refractivity contribution in [2.75, 3.05) is 13.6 Å². The molecule has 1 N–H and O–H groups in total. The molecule has 0 aliphatic carbocycles. The average molecular weight is 540 g/mol. The Labute approximate surface area is 220 Å². The first-order chi connectivity index (χ1) is 17.7. The fraction of sp³-hybridized carbons (Fsp3) is 0.222. The van der Waals surface area contributed by atoms with Gasteiger partial charge < -0.3 is 10.2 Å². The fourth-order valence-corrected chi connectivity index (χ4v) is 6.00. The lowest BCUT2D eigenvalue weighted by molar-refractivity contribution is -0.141. The third-order valence-electron chi connectivity index (χ3n) is 6.22. The van der Waals surface area contributed by atoms with Crippen molar-refractivity contribution < 1.29 is 22.8 Å². The standard InChI is InChI=1S/C27H26ClN3O5S/c1-29-26(33)23(17-19-7-3-2-4-8-19)30(18-20-11-13-21(28)14-12-20)25(32)15-16-31-27(34)22-9-5-6-10-24(22)37(31,35)36/h2-14,23H,15-18H2,1H3,(H,29,33)/t23-/m0/s1. The summed E-state index contributed by atoms with van der Waals surface area (Å²) in [5, 5.41) is 3.16. The molecule has 0 radical (unpaired) electrons. The molecule has 3 aromatic carbocycles. The zero-order valence-corrected chi connectivity index (χ0v) is 21.7. The Morgan fingerprint density at radius 3 is 2.24 bits per heavy atom. The molecular formula is C27H26ClN3O5S. The van der Waals surface area contributed by atoms with E-state index >= 15 is 0 Å². The van der Waals surface area contributed by atoms with Crippen LogP contribution in [0.3, 0.4) is 0 Å². The topological polar surface area (TPSA) is 104 Å². The first-order valence-corrected chi connectivity index (χ1v) is 13.5. The SMILES string of the molecule is CNC(=O)[C@H](Cc1ccccc1)N(Cc1ccc(Cl)cc1)C(=O)CCN1C(=O)c2ccccc2S1(=O)=O. The number of nitrogens with one attached hydrogen (secondary N) is 1. The van der Waals surface area contributed by atoms with E-state index in [0.29, 0.717) is 5.02 Å². The van der Waals surface area contributed by atoms with Gasteiger partial charge in [0.25, 0.3) is 15.9 Å². The van der Waals surface area contributed by atoms with Crippen LogP contribution in [-0.2, 0) is 32.6 Å². The van der Waals surface area contributed by atoms with Crippen LogP contribution < -0.4 is 5.32 Å². The second-order valence-electron chi connectivity index (χ2n) is 8.60. The van der Waals surface area contributed by atoms with E-state index < -0.39 is 27.9 Å². The van der Waals surface area contributed by atoms with Crippen molar-refractivity contribution in [3.05, 3.63) is 101 Å². The molecule has 0 bridgehead atoms. The number of likely N-dealkylation sites (N-methyl/N-ethyl adjacent to an activating group) is 1. The summed E-state index contributed by atoms with van der Waals surface area (Å²) in [5.41, 5.74) is 1.69. The molecule has 10 heteroatoms. The minimum atomic E-state index is -4.05. The number of benzene rings is 3. The summed E-state index contributed by atoms with van der Waals surface area (Å²) < 4.78 is 26.6. The second-order valence-corrected chi connectivity index (χ2v) is 10.9. The number of hydrogen-bond donors (Lipinski definition) is 1. The molecule has 3 amide bonds. The summed E-state index contributed by atoms with van der Waals surface area (Å²) in [4.78, 5) is 40.7. The second kappa shape index (κ2) is 11.1. The van der Waals surface area contributed by atoms with Crippen LogP contribution >= 0.6 is 11.6 Å².